The van der Waals surface area contributed by atoms with Crippen LogP contribution in [0.3, 0.4) is 0 Å². The van der Waals surface area contributed by atoms with Gasteiger partial charge in [0.05, 0.1) is 32.2 Å². The summed E-state index contributed by atoms with van der Waals surface area (Å²) in [6.45, 7) is 7.66. The zero-order chi connectivity index (χ0) is 25.5. The number of anilines is 1. The van der Waals surface area contributed by atoms with Gasteiger partial charge in [-0.15, -0.1) is 0 Å². The second kappa shape index (κ2) is 12.0. The van der Waals surface area contributed by atoms with Crippen LogP contribution in [-0.4, -0.2) is 37.4 Å². The van der Waals surface area contributed by atoms with Crippen molar-refractivity contribution in [1.29, 1.82) is 0 Å². The van der Waals surface area contributed by atoms with Gasteiger partial charge < -0.3 is 10.1 Å². The average Bonchev–Trinajstić information content (AvgIpc) is 2.87. The molecule has 0 radical (unpaired) electrons. The fourth-order valence-corrected chi connectivity index (χ4v) is 4.48. The summed E-state index contributed by atoms with van der Waals surface area (Å²) in [5.74, 6) is -0.225. The van der Waals surface area contributed by atoms with Crippen LogP contribution < -0.4 is 10.2 Å². The summed E-state index contributed by atoms with van der Waals surface area (Å²) in [7, 11) is 0. The van der Waals surface area contributed by atoms with Gasteiger partial charge in [0, 0.05) is 24.0 Å². The molecule has 0 bridgehead atoms. The molecule has 1 amide bonds. The molecule has 1 aliphatic rings. The molecule has 0 spiro atoms. The summed E-state index contributed by atoms with van der Waals surface area (Å²) in [6, 6.07) is 15.8. The molecule has 0 saturated carbocycles. The molecule has 36 heavy (non-hydrogen) atoms. The van der Waals surface area contributed by atoms with Crippen LogP contribution in [0.1, 0.15) is 34.7 Å². The quantitative estimate of drug-likeness (QED) is 0.409. The topological polar surface area (TPSA) is 66.8 Å². The van der Waals surface area contributed by atoms with E-state index in [0.29, 0.717) is 24.6 Å². The number of aliphatic imine (C=N–C) groups is 1. The third-order valence-corrected chi connectivity index (χ3v) is 6.23. The monoisotopic (exact) mass is 506 g/mol. The summed E-state index contributed by atoms with van der Waals surface area (Å²) < 4.78 is 19.6. The molecule has 1 aromatic heterocycles. The van der Waals surface area contributed by atoms with E-state index >= 15 is 0 Å². The van der Waals surface area contributed by atoms with Gasteiger partial charge in [0.1, 0.15) is 11.6 Å². The Hall–Kier alpha value is -3.39. The fraction of sp³-hybridized carbons (Fsp3) is 0.250. The van der Waals surface area contributed by atoms with Crippen molar-refractivity contribution in [3.63, 3.8) is 0 Å². The molecule has 2 aromatic carbocycles. The van der Waals surface area contributed by atoms with Gasteiger partial charge in [-0.25, -0.2) is 9.37 Å². The van der Waals surface area contributed by atoms with Crippen LogP contribution in [0.15, 0.2) is 72.0 Å². The lowest BCUT2D eigenvalue weighted by Crippen LogP contribution is -2.35. The standard InChI is InChI=1S/C28H28ClFN4O2/c1-19-5-3-4-6-25(19)22(15-31-2)13-28(35)34(17-20-11-23(29)14-24(30)12-20)27-8-7-21(16-33-27)26-18-36-10-9-32-26/h3-8,11-12,14-16,26,32H,2,9-10,13,17-18H2,1H3/b22-15-. The van der Waals surface area contributed by atoms with Crippen molar-refractivity contribution in [2.24, 2.45) is 4.99 Å². The zero-order valence-electron chi connectivity index (χ0n) is 20.1. The molecular weight excluding hydrogens is 479 g/mol. The van der Waals surface area contributed by atoms with Gasteiger partial charge in [0.25, 0.3) is 0 Å². The fourth-order valence-electron chi connectivity index (χ4n) is 4.24. The second-order valence-electron chi connectivity index (χ2n) is 8.62. The van der Waals surface area contributed by atoms with Crippen molar-refractivity contribution in [3.8, 4) is 0 Å². The van der Waals surface area contributed by atoms with E-state index in [9.17, 15) is 9.18 Å². The lowest BCUT2D eigenvalue weighted by Gasteiger charge is -2.26. The number of aromatic nitrogens is 1. The molecule has 1 saturated heterocycles. The van der Waals surface area contributed by atoms with Gasteiger partial charge in [-0.2, -0.15) is 0 Å². The number of halogens is 2. The number of nitrogens with zero attached hydrogens (tertiary/aromatic N) is 3. The maximum absolute atomic E-state index is 14.1. The van der Waals surface area contributed by atoms with Crippen molar-refractivity contribution >= 4 is 35.6 Å². The van der Waals surface area contributed by atoms with Crippen molar-refractivity contribution in [2.75, 3.05) is 24.7 Å². The Bertz CT molecular complexity index is 1240. The smallest absolute Gasteiger partial charge is 0.232 e. The van der Waals surface area contributed by atoms with Crippen LogP contribution >= 0.6 is 11.6 Å². The summed E-state index contributed by atoms with van der Waals surface area (Å²) in [4.78, 5) is 23.7. The molecule has 3 aromatic rings. The first kappa shape index (κ1) is 25.7. The molecule has 6 nitrogen and oxygen atoms in total. The predicted molar refractivity (Wildman–Crippen MR) is 142 cm³/mol. The molecule has 1 atom stereocenters. The number of morpholine rings is 1. The number of hydrogen-bond acceptors (Lipinski definition) is 5. The molecule has 1 fully saturated rings. The lowest BCUT2D eigenvalue weighted by molar-refractivity contribution is -0.117. The number of nitrogens with one attached hydrogen (secondary N) is 1. The summed E-state index contributed by atoms with van der Waals surface area (Å²) in [6.07, 6.45) is 3.40. The average molecular weight is 507 g/mol. The van der Waals surface area contributed by atoms with E-state index in [1.54, 1.807) is 24.5 Å². The first-order valence-electron chi connectivity index (χ1n) is 11.7. The number of rotatable bonds is 8. The Morgan fingerprint density at radius 2 is 2.14 bits per heavy atom. The Morgan fingerprint density at radius 3 is 2.81 bits per heavy atom. The molecule has 186 valence electrons. The van der Waals surface area contributed by atoms with Crippen LogP contribution in [0.5, 0.6) is 0 Å². The van der Waals surface area contributed by atoms with Gasteiger partial charge in [-0.3, -0.25) is 14.7 Å². The predicted octanol–water partition coefficient (Wildman–Crippen LogP) is 5.51. The minimum absolute atomic E-state index is 0.0423. The Morgan fingerprint density at radius 1 is 1.31 bits per heavy atom. The number of benzene rings is 2. The molecule has 0 aliphatic carbocycles. The normalized spacial score (nSPS) is 16.0. The maximum atomic E-state index is 14.1. The van der Waals surface area contributed by atoms with E-state index < -0.39 is 5.82 Å². The van der Waals surface area contributed by atoms with Crippen LogP contribution in [0.2, 0.25) is 5.02 Å². The minimum atomic E-state index is -0.465. The molecule has 2 heterocycles. The van der Waals surface area contributed by atoms with Crippen molar-refractivity contribution in [2.45, 2.75) is 25.9 Å². The molecule has 1 N–H and O–H groups in total. The van der Waals surface area contributed by atoms with E-state index in [4.69, 9.17) is 16.3 Å². The van der Waals surface area contributed by atoms with Crippen molar-refractivity contribution < 1.29 is 13.9 Å². The van der Waals surface area contributed by atoms with Crippen molar-refractivity contribution in [1.82, 2.24) is 10.3 Å². The van der Waals surface area contributed by atoms with Crippen LogP contribution in [0.25, 0.3) is 5.57 Å². The van der Waals surface area contributed by atoms with Gasteiger partial charge in [0.2, 0.25) is 5.91 Å². The number of aryl methyl sites for hydroxylation is 1. The summed E-state index contributed by atoms with van der Waals surface area (Å²) >= 11 is 6.08. The molecule has 4 rings (SSSR count). The Kier molecular flexibility index (Phi) is 8.59. The SMILES string of the molecule is C=N/C=C(/CC(=O)N(Cc1cc(F)cc(Cl)c1)c1ccc(C2COCCN2)cn1)c1ccccc1C. The Labute approximate surface area is 215 Å². The Balaban J connectivity index is 1.65. The number of ether oxygens (including phenoxy) is 1. The number of carbonyl (C=O) groups excluding carboxylic acids is 1. The number of carbonyl (C=O) groups is 1. The highest BCUT2D eigenvalue weighted by Crippen LogP contribution is 2.27. The highest BCUT2D eigenvalue weighted by Gasteiger charge is 2.22. The summed E-state index contributed by atoms with van der Waals surface area (Å²) in [5, 5.41) is 3.66. The number of hydrogen-bond donors (Lipinski definition) is 1. The highest BCUT2D eigenvalue weighted by atomic mass is 35.5. The highest BCUT2D eigenvalue weighted by molar-refractivity contribution is 6.30. The zero-order valence-corrected chi connectivity index (χ0v) is 20.8. The second-order valence-corrected chi connectivity index (χ2v) is 9.05. The van der Waals surface area contributed by atoms with Gasteiger partial charge >= 0.3 is 0 Å². The van der Waals surface area contributed by atoms with E-state index in [2.05, 4.69) is 22.0 Å². The van der Waals surface area contributed by atoms with E-state index in [0.717, 1.165) is 28.8 Å². The van der Waals surface area contributed by atoms with Crippen LogP contribution in [-0.2, 0) is 16.1 Å². The number of amides is 1. The molecule has 1 unspecified atom stereocenters. The number of pyridine rings is 1. The van der Waals surface area contributed by atoms with Crippen molar-refractivity contribution in [3.05, 3.63) is 100 Å². The lowest BCUT2D eigenvalue weighted by atomic mass is 9.98. The third-order valence-electron chi connectivity index (χ3n) is 6.02. The van der Waals surface area contributed by atoms with Gasteiger partial charge in [0.15, 0.2) is 0 Å². The molecule has 1 aliphatic heterocycles. The largest absolute Gasteiger partial charge is 0.378 e. The van der Waals surface area contributed by atoms with Gasteiger partial charge in [-0.05, 0) is 65.7 Å². The van der Waals surface area contributed by atoms with E-state index in [1.165, 1.54) is 17.0 Å². The summed E-state index contributed by atoms with van der Waals surface area (Å²) in [5.41, 5.74) is 4.20. The minimum Gasteiger partial charge on any atom is -0.378 e. The van der Waals surface area contributed by atoms with Gasteiger partial charge in [-0.1, -0.05) is 41.9 Å². The third kappa shape index (κ3) is 6.43. The van der Waals surface area contributed by atoms with E-state index in [-0.39, 0.29) is 29.9 Å². The first-order valence-corrected chi connectivity index (χ1v) is 12.1. The maximum Gasteiger partial charge on any atom is 0.232 e. The van der Waals surface area contributed by atoms with Crippen LogP contribution in [0, 0.1) is 12.7 Å². The molecular formula is C28H28ClFN4O2. The van der Waals surface area contributed by atoms with E-state index in [1.807, 2.05) is 37.3 Å². The molecule has 8 heteroatoms. The van der Waals surface area contributed by atoms with Crippen LogP contribution in [0.4, 0.5) is 10.2 Å². The first-order chi connectivity index (χ1) is 17.4.